The van der Waals surface area contributed by atoms with Crippen molar-refractivity contribution in [2.75, 3.05) is 27.5 Å². The first-order chi connectivity index (χ1) is 10.5. The number of hydrogen-bond donors (Lipinski definition) is 0. The maximum atomic E-state index is 6.10. The molecular formula is C18H23NO2S. The summed E-state index contributed by atoms with van der Waals surface area (Å²) < 4.78 is 11.4. The first-order valence-corrected chi connectivity index (χ1v) is 8.40. The zero-order valence-electron chi connectivity index (χ0n) is 13.8. The van der Waals surface area contributed by atoms with Crippen molar-refractivity contribution in [2.45, 2.75) is 18.4 Å². The van der Waals surface area contributed by atoms with Gasteiger partial charge in [-0.1, -0.05) is 0 Å². The molecule has 0 aliphatic heterocycles. The topological polar surface area (TPSA) is 21.7 Å². The number of methoxy groups -OCH3 is 1. The number of aryl methyl sites for hydroxylation is 1. The summed E-state index contributed by atoms with van der Waals surface area (Å²) in [4.78, 5) is 3.39. The van der Waals surface area contributed by atoms with Crippen LogP contribution in [0.15, 0.2) is 41.3 Å². The molecule has 0 spiro atoms. The lowest BCUT2D eigenvalue weighted by Crippen LogP contribution is -2.11. The van der Waals surface area contributed by atoms with E-state index in [1.165, 1.54) is 10.5 Å². The third kappa shape index (κ3) is 4.18. The summed E-state index contributed by atoms with van der Waals surface area (Å²) in [6.45, 7) is 2.90. The molecule has 0 saturated carbocycles. The predicted molar refractivity (Wildman–Crippen MR) is 93.4 cm³/mol. The van der Waals surface area contributed by atoms with Crippen LogP contribution >= 0.6 is 11.8 Å². The molecule has 0 heterocycles. The van der Waals surface area contributed by atoms with Gasteiger partial charge in [0.15, 0.2) is 0 Å². The molecule has 0 aromatic heterocycles. The summed E-state index contributed by atoms with van der Waals surface area (Å²) >= 11 is 1.75. The third-order valence-electron chi connectivity index (χ3n) is 3.35. The lowest BCUT2D eigenvalue weighted by molar-refractivity contribution is 0.382. The molecule has 3 nitrogen and oxygen atoms in total. The van der Waals surface area contributed by atoms with Gasteiger partial charge in [0.05, 0.1) is 7.11 Å². The van der Waals surface area contributed by atoms with Crippen LogP contribution in [0.2, 0.25) is 0 Å². The van der Waals surface area contributed by atoms with E-state index < -0.39 is 0 Å². The minimum Gasteiger partial charge on any atom is -0.497 e. The van der Waals surface area contributed by atoms with Crippen LogP contribution in [0, 0.1) is 6.92 Å². The van der Waals surface area contributed by atoms with Crippen molar-refractivity contribution < 1.29 is 9.47 Å². The van der Waals surface area contributed by atoms with Crippen LogP contribution in [0.25, 0.3) is 0 Å². The predicted octanol–water partition coefficient (Wildman–Crippen LogP) is 4.58. The number of nitrogens with zero attached hydrogens (tertiary/aromatic N) is 1. The Hall–Kier alpha value is -1.65. The number of ether oxygens (including phenoxy) is 2. The van der Waals surface area contributed by atoms with Gasteiger partial charge in [-0.2, -0.15) is 0 Å². The normalized spacial score (nSPS) is 10.8. The molecule has 22 heavy (non-hydrogen) atoms. The minimum atomic E-state index is 0.800. The molecular weight excluding hydrogens is 294 g/mol. The Kier molecular flexibility index (Phi) is 5.75. The van der Waals surface area contributed by atoms with E-state index in [1.807, 2.05) is 38.4 Å². The van der Waals surface area contributed by atoms with Gasteiger partial charge in [0.25, 0.3) is 0 Å². The second kappa shape index (κ2) is 7.56. The maximum Gasteiger partial charge on any atom is 0.132 e. The molecule has 0 aliphatic carbocycles. The summed E-state index contributed by atoms with van der Waals surface area (Å²) in [5.74, 6) is 2.57. The third-order valence-corrected chi connectivity index (χ3v) is 4.25. The summed E-state index contributed by atoms with van der Waals surface area (Å²) in [6.07, 6.45) is 2.08. The van der Waals surface area contributed by atoms with Gasteiger partial charge < -0.3 is 14.4 Å². The van der Waals surface area contributed by atoms with Crippen molar-refractivity contribution in [1.29, 1.82) is 0 Å². The highest BCUT2D eigenvalue weighted by Gasteiger charge is 2.09. The van der Waals surface area contributed by atoms with Crippen LogP contribution < -0.4 is 9.47 Å². The molecule has 118 valence electrons. The van der Waals surface area contributed by atoms with Crippen LogP contribution in [0.3, 0.4) is 0 Å². The summed E-state index contributed by atoms with van der Waals surface area (Å²) in [6, 6.07) is 12.1. The molecule has 0 N–H and O–H groups in total. The summed E-state index contributed by atoms with van der Waals surface area (Å²) in [5.41, 5.74) is 2.34. The molecule has 2 aromatic carbocycles. The van der Waals surface area contributed by atoms with Crippen LogP contribution in [0.5, 0.6) is 17.2 Å². The van der Waals surface area contributed by atoms with Crippen molar-refractivity contribution in [3.05, 3.63) is 47.5 Å². The Balaban J connectivity index is 2.29. The first-order valence-electron chi connectivity index (χ1n) is 7.17. The standard InChI is InChI=1S/C18H23NO2S/c1-13-10-16(7-9-18(13)22-5)21-17-8-6-15(20-4)11-14(17)12-19(2)3/h6-11H,12H2,1-5H3. The maximum absolute atomic E-state index is 6.10. The van der Waals surface area contributed by atoms with Gasteiger partial charge in [-0.15, -0.1) is 11.8 Å². The largest absolute Gasteiger partial charge is 0.497 e. The number of benzene rings is 2. The molecule has 0 atom stereocenters. The molecule has 0 saturated heterocycles. The minimum absolute atomic E-state index is 0.800. The second-order valence-electron chi connectivity index (χ2n) is 5.44. The van der Waals surface area contributed by atoms with Crippen LogP contribution in [-0.2, 0) is 6.54 Å². The zero-order valence-corrected chi connectivity index (χ0v) is 14.7. The SMILES string of the molecule is COc1ccc(Oc2ccc(SC)c(C)c2)c(CN(C)C)c1. The number of hydrogen-bond acceptors (Lipinski definition) is 4. The van der Waals surface area contributed by atoms with E-state index in [4.69, 9.17) is 9.47 Å². The molecule has 4 heteroatoms. The molecule has 0 bridgehead atoms. The van der Waals surface area contributed by atoms with Gasteiger partial charge in [-0.05, 0) is 69.2 Å². The Morgan fingerprint density at radius 1 is 1.05 bits per heavy atom. The van der Waals surface area contributed by atoms with E-state index in [-0.39, 0.29) is 0 Å². The molecule has 2 aromatic rings. The van der Waals surface area contributed by atoms with Gasteiger partial charge in [0.2, 0.25) is 0 Å². The Morgan fingerprint density at radius 3 is 2.36 bits per heavy atom. The Morgan fingerprint density at radius 2 is 1.77 bits per heavy atom. The average Bonchev–Trinajstić information content (AvgIpc) is 2.48. The molecule has 0 radical (unpaired) electrons. The zero-order chi connectivity index (χ0) is 16.1. The van der Waals surface area contributed by atoms with Crippen LogP contribution in [-0.4, -0.2) is 32.4 Å². The van der Waals surface area contributed by atoms with Crippen molar-refractivity contribution in [2.24, 2.45) is 0 Å². The molecule has 2 rings (SSSR count). The van der Waals surface area contributed by atoms with Crippen molar-refractivity contribution in [3.63, 3.8) is 0 Å². The Labute approximate surface area is 137 Å². The smallest absolute Gasteiger partial charge is 0.132 e. The fourth-order valence-electron chi connectivity index (χ4n) is 2.29. The summed E-state index contributed by atoms with van der Waals surface area (Å²) in [5, 5.41) is 0. The molecule has 0 amide bonds. The van der Waals surface area contributed by atoms with Gasteiger partial charge in [-0.25, -0.2) is 0 Å². The fourth-order valence-corrected chi connectivity index (χ4v) is 2.87. The van der Waals surface area contributed by atoms with E-state index in [0.717, 1.165) is 29.4 Å². The van der Waals surface area contributed by atoms with E-state index >= 15 is 0 Å². The van der Waals surface area contributed by atoms with E-state index in [0.29, 0.717) is 0 Å². The van der Waals surface area contributed by atoms with Gasteiger partial charge in [0.1, 0.15) is 17.2 Å². The Bertz CT molecular complexity index is 641. The lowest BCUT2D eigenvalue weighted by atomic mass is 10.1. The fraction of sp³-hybridized carbons (Fsp3) is 0.333. The highest BCUT2D eigenvalue weighted by atomic mass is 32.2. The van der Waals surface area contributed by atoms with E-state index in [9.17, 15) is 0 Å². The van der Waals surface area contributed by atoms with E-state index in [1.54, 1.807) is 18.9 Å². The highest BCUT2D eigenvalue weighted by molar-refractivity contribution is 7.98. The van der Waals surface area contributed by atoms with Crippen molar-refractivity contribution in [3.8, 4) is 17.2 Å². The number of rotatable bonds is 6. The molecule has 0 fully saturated rings. The van der Waals surface area contributed by atoms with Crippen LogP contribution in [0.1, 0.15) is 11.1 Å². The van der Waals surface area contributed by atoms with Gasteiger partial charge in [-0.3, -0.25) is 0 Å². The van der Waals surface area contributed by atoms with E-state index in [2.05, 4.69) is 30.2 Å². The lowest BCUT2D eigenvalue weighted by Gasteiger charge is -2.16. The van der Waals surface area contributed by atoms with Crippen molar-refractivity contribution in [1.82, 2.24) is 4.90 Å². The van der Waals surface area contributed by atoms with Gasteiger partial charge >= 0.3 is 0 Å². The molecule has 0 unspecified atom stereocenters. The van der Waals surface area contributed by atoms with Crippen LogP contribution in [0.4, 0.5) is 0 Å². The average molecular weight is 317 g/mol. The van der Waals surface area contributed by atoms with Gasteiger partial charge in [0, 0.05) is 17.0 Å². The second-order valence-corrected chi connectivity index (χ2v) is 6.29. The number of thioether (sulfide) groups is 1. The highest BCUT2D eigenvalue weighted by Crippen LogP contribution is 2.31. The quantitative estimate of drug-likeness (QED) is 0.727. The molecule has 0 aliphatic rings. The van der Waals surface area contributed by atoms with Crippen molar-refractivity contribution >= 4 is 11.8 Å². The summed E-state index contributed by atoms with van der Waals surface area (Å²) in [7, 11) is 5.77. The first kappa shape index (κ1) is 16.7. The monoisotopic (exact) mass is 317 g/mol.